The Bertz CT molecular complexity index is 851. The summed E-state index contributed by atoms with van der Waals surface area (Å²) >= 11 is 0. The summed E-state index contributed by atoms with van der Waals surface area (Å²) in [4.78, 5) is 38.0. The quantitative estimate of drug-likeness (QED) is 0.834. The first kappa shape index (κ1) is 16.8. The Kier molecular flexibility index (Phi) is 4.44. The summed E-state index contributed by atoms with van der Waals surface area (Å²) < 4.78 is 1.60. The van der Waals surface area contributed by atoms with Gasteiger partial charge in [0.25, 0.3) is 11.5 Å². The zero-order valence-electron chi connectivity index (χ0n) is 14.9. The highest BCUT2D eigenvalue weighted by Crippen LogP contribution is 2.30. The molecule has 5 heterocycles. The number of hydrogen-bond acceptors (Lipinski definition) is 5. The number of carbonyl (C=O) groups is 1. The lowest BCUT2D eigenvalue weighted by atomic mass is 9.94. The van der Waals surface area contributed by atoms with Crippen LogP contribution in [-0.4, -0.2) is 51.0 Å². The van der Waals surface area contributed by atoms with Gasteiger partial charge in [0, 0.05) is 62.4 Å². The Labute approximate surface area is 152 Å². The van der Waals surface area contributed by atoms with Crippen molar-refractivity contribution < 1.29 is 4.79 Å². The lowest BCUT2D eigenvalue weighted by Crippen LogP contribution is -2.47. The number of hydrogen-bond donors (Lipinski definition) is 0. The summed E-state index contributed by atoms with van der Waals surface area (Å²) in [6, 6.07) is 5.15. The van der Waals surface area contributed by atoms with Gasteiger partial charge in [0.05, 0.1) is 0 Å². The van der Waals surface area contributed by atoms with Crippen LogP contribution in [0.15, 0.2) is 41.6 Å². The monoisotopic (exact) mass is 353 g/mol. The van der Waals surface area contributed by atoms with E-state index in [0.717, 1.165) is 38.4 Å². The van der Waals surface area contributed by atoms with Crippen LogP contribution in [0.1, 0.15) is 30.1 Å². The van der Waals surface area contributed by atoms with Crippen molar-refractivity contribution >= 4 is 11.9 Å². The van der Waals surface area contributed by atoms with E-state index >= 15 is 0 Å². The maximum atomic E-state index is 13.1. The minimum Gasteiger partial charge on any atom is -0.338 e. The maximum Gasteiger partial charge on any atom is 0.254 e. The summed E-state index contributed by atoms with van der Waals surface area (Å²) in [6.45, 7) is 4.84. The Balaban J connectivity index is 1.57. The standard InChI is InChI=1S/C19H23N5O2/c1-2-22-9-6-15(10-17(22)25)18(26)24-12-14-4-5-16(24)13-23(11-14)19-20-7-3-8-21-19/h3,6-10,14,16H,2,4-5,11-13H2,1H3/t14-,16+/m0/s1. The molecule has 0 aromatic carbocycles. The summed E-state index contributed by atoms with van der Waals surface area (Å²) in [5, 5.41) is 0. The van der Waals surface area contributed by atoms with Crippen molar-refractivity contribution in [2.45, 2.75) is 32.4 Å². The van der Waals surface area contributed by atoms with Crippen molar-refractivity contribution in [1.29, 1.82) is 0 Å². The van der Waals surface area contributed by atoms with Gasteiger partial charge < -0.3 is 14.4 Å². The summed E-state index contributed by atoms with van der Waals surface area (Å²) in [5.41, 5.74) is 0.354. The number of anilines is 1. The van der Waals surface area contributed by atoms with Gasteiger partial charge in [0.1, 0.15) is 0 Å². The molecule has 2 aromatic heterocycles. The molecule has 0 saturated carbocycles. The van der Waals surface area contributed by atoms with Crippen LogP contribution >= 0.6 is 0 Å². The second kappa shape index (κ2) is 6.90. The van der Waals surface area contributed by atoms with E-state index in [4.69, 9.17) is 0 Å². The van der Waals surface area contributed by atoms with Gasteiger partial charge >= 0.3 is 0 Å². The zero-order chi connectivity index (χ0) is 18.1. The van der Waals surface area contributed by atoms with Crippen LogP contribution < -0.4 is 10.5 Å². The molecule has 2 aromatic rings. The third-order valence-corrected chi connectivity index (χ3v) is 5.39. The van der Waals surface area contributed by atoms with Gasteiger partial charge in [0.2, 0.25) is 5.95 Å². The molecule has 7 heteroatoms. The summed E-state index contributed by atoms with van der Waals surface area (Å²) in [6.07, 6.45) is 7.29. The smallest absolute Gasteiger partial charge is 0.254 e. The van der Waals surface area contributed by atoms with Gasteiger partial charge in [-0.25, -0.2) is 9.97 Å². The largest absolute Gasteiger partial charge is 0.338 e. The van der Waals surface area contributed by atoms with Crippen LogP contribution in [0.2, 0.25) is 0 Å². The molecule has 3 saturated heterocycles. The third-order valence-electron chi connectivity index (χ3n) is 5.39. The molecule has 0 radical (unpaired) electrons. The van der Waals surface area contributed by atoms with Gasteiger partial charge in [-0.05, 0) is 37.8 Å². The van der Waals surface area contributed by atoms with Crippen molar-refractivity contribution in [3.05, 3.63) is 52.7 Å². The van der Waals surface area contributed by atoms with Crippen molar-refractivity contribution in [2.75, 3.05) is 24.5 Å². The van der Waals surface area contributed by atoms with E-state index < -0.39 is 0 Å². The Hall–Kier alpha value is -2.70. The molecule has 1 amide bonds. The molecule has 3 aliphatic rings. The average Bonchev–Trinajstić information content (AvgIpc) is 3.00. The van der Waals surface area contributed by atoms with Crippen LogP contribution in [-0.2, 0) is 6.54 Å². The molecular weight excluding hydrogens is 330 g/mol. The van der Waals surface area contributed by atoms with Gasteiger partial charge in [-0.2, -0.15) is 0 Å². The van der Waals surface area contributed by atoms with Gasteiger partial charge in [-0.15, -0.1) is 0 Å². The number of rotatable bonds is 3. The number of piperidine rings is 1. The fourth-order valence-corrected chi connectivity index (χ4v) is 4.02. The molecule has 136 valence electrons. The fourth-order valence-electron chi connectivity index (χ4n) is 4.02. The van der Waals surface area contributed by atoms with Crippen LogP contribution in [0.5, 0.6) is 0 Å². The lowest BCUT2D eigenvalue weighted by molar-refractivity contribution is 0.0591. The van der Waals surface area contributed by atoms with E-state index in [9.17, 15) is 9.59 Å². The number of fused-ring (bicyclic) bond motifs is 4. The minimum atomic E-state index is -0.127. The van der Waals surface area contributed by atoms with Crippen LogP contribution in [0.3, 0.4) is 0 Å². The first-order valence-electron chi connectivity index (χ1n) is 9.19. The van der Waals surface area contributed by atoms with Crippen molar-refractivity contribution in [1.82, 2.24) is 19.4 Å². The maximum absolute atomic E-state index is 13.1. The molecule has 7 nitrogen and oxygen atoms in total. The van der Waals surface area contributed by atoms with E-state index in [-0.39, 0.29) is 17.5 Å². The van der Waals surface area contributed by atoms with Crippen LogP contribution in [0.4, 0.5) is 5.95 Å². The highest BCUT2D eigenvalue weighted by atomic mass is 16.2. The molecule has 3 fully saturated rings. The molecule has 2 atom stereocenters. The van der Waals surface area contributed by atoms with Gasteiger partial charge in [0.15, 0.2) is 0 Å². The second-order valence-corrected chi connectivity index (χ2v) is 7.05. The highest BCUT2D eigenvalue weighted by molar-refractivity contribution is 5.94. The predicted molar refractivity (Wildman–Crippen MR) is 98.2 cm³/mol. The van der Waals surface area contributed by atoms with Gasteiger partial charge in [-0.3, -0.25) is 9.59 Å². The second-order valence-electron chi connectivity index (χ2n) is 7.05. The minimum absolute atomic E-state index is 0.0455. The SMILES string of the molecule is CCn1ccc(C(=O)N2C[C@H]3CC[C@@H]2CN(c2ncccn2)C3)cc1=O. The lowest BCUT2D eigenvalue weighted by Gasteiger charge is -2.36. The number of carbonyl (C=O) groups excluding carboxylic acids is 1. The number of amides is 1. The van der Waals surface area contributed by atoms with Crippen LogP contribution in [0, 0.1) is 5.92 Å². The first-order chi connectivity index (χ1) is 12.7. The molecule has 3 aliphatic heterocycles. The Morgan fingerprint density at radius 3 is 2.73 bits per heavy atom. The average molecular weight is 353 g/mol. The number of pyridine rings is 1. The molecule has 0 spiro atoms. The van der Waals surface area contributed by atoms with Crippen molar-refractivity contribution in [3.8, 4) is 0 Å². The number of nitrogens with zero attached hydrogens (tertiary/aromatic N) is 5. The van der Waals surface area contributed by atoms with Gasteiger partial charge in [-0.1, -0.05) is 0 Å². The molecule has 0 N–H and O–H groups in total. The van der Waals surface area contributed by atoms with Crippen LogP contribution in [0.25, 0.3) is 0 Å². The summed E-state index contributed by atoms with van der Waals surface area (Å²) in [7, 11) is 0. The third kappa shape index (κ3) is 3.09. The number of aryl methyl sites for hydroxylation is 1. The fraction of sp³-hybridized carbons (Fsp3) is 0.474. The Morgan fingerprint density at radius 1 is 1.19 bits per heavy atom. The number of aromatic nitrogens is 3. The van der Waals surface area contributed by atoms with E-state index in [2.05, 4.69) is 14.9 Å². The summed E-state index contributed by atoms with van der Waals surface area (Å²) in [5.74, 6) is 1.08. The predicted octanol–water partition coefficient (Wildman–Crippen LogP) is 1.40. The molecule has 5 rings (SSSR count). The molecule has 2 bridgehead atoms. The normalized spacial score (nSPS) is 22.3. The van der Waals surface area contributed by atoms with E-state index in [0.29, 0.717) is 18.0 Å². The van der Waals surface area contributed by atoms with E-state index in [1.807, 2.05) is 17.9 Å². The van der Waals surface area contributed by atoms with Crippen molar-refractivity contribution in [2.24, 2.45) is 5.92 Å². The highest BCUT2D eigenvalue weighted by Gasteiger charge is 2.38. The first-order valence-corrected chi connectivity index (χ1v) is 9.19. The molecular formula is C19H23N5O2. The van der Waals surface area contributed by atoms with Crippen molar-refractivity contribution in [3.63, 3.8) is 0 Å². The molecule has 0 aliphatic carbocycles. The Morgan fingerprint density at radius 2 is 2.00 bits per heavy atom. The topological polar surface area (TPSA) is 71.3 Å². The van der Waals surface area contributed by atoms with E-state index in [1.54, 1.807) is 29.2 Å². The molecule has 0 unspecified atom stereocenters. The molecule has 26 heavy (non-hydrogen) atoms. The zero-order valence-corrected chi connectivity index (χ0v) is 14.9. The van der Waals surface area contributed by atoms with E-state index in [1.165, 1.54) is 6.07 Å².